The maximum Gasteiger partial charge on any atom is 0.243 e. The van der Waals surface area contributed by atoms with E-state index < -0.39 is 26.6 Å². The minimum absolute atomic E-state index is 0.0286. The molecule has 146 valence electrons. The summed E-state index contributed by atoms with van der Waals surface area (Å²) in [6.07, 6.45) is 3.16. The maximum absolute atomic E-state index is 13.5. The molecule has 0 aliphatic carbocycles. The Kier molecular flexibility index (Phi) is 4.77. The number of aromatic nitrogens is 4. The molecule has 11 heteroatoms. The zero-order valence-corrected chi connectivity index (χ0v) is 15.3. The van der Waals surface area contributed by atoms with Crippen molar-refractivity contribution in [1.29, 1.82) is 0 Å². The van der Waals surface area contributed by atoms with Gasteiger partial charge >= 0.3 is 0 Å². The van der Waals surface area contributed by atoms with Crippen LogP contribution in [0.25, 0.3) is 0 Å². The minimum atomic E-state index is -4.08. The summed E-state index contributed by atoms with van der Waals surface area (Å²) in [6.45, 7) is 0.439. The second-order valence-corrected chi connectivity index (χ2v) is 8.07. The summed E-state index contributed by atoms with van der Waals surface area (Å²) in [4.78, 5) is 3.52. The third kappa shape index (κ3) is 3.58. The van der Waals surface area contributed by atoms with E-state index in [1.807, 2.05) is 0 Å². The molecule has 0 saturated carbocycles. The topological polar surface area (TPSA) is 90.2 Å². The fourth-order valence-electron chi connectivity index (χ4n) is 2.90. The van der Waals surface area contributed by atoms with Gasteiger partial charge in [-0.2, -0.15) is 4.31 Å². The molecule has 0 bridgehead atoms. The highest BCUT2D eigenvalue weighted by atomic mass is 32.2. The molecule has 0 radical (unpaired) electrons. The molecule has 0 atom stereocenters. The molecule has 28 heavy (non-hydrogen) atoms. The monoisotopic (exact) mass is 407 g/mol. The van der Waals surface area contributed by atoms with Crippen molar-refractivity contribution in [3.8, 4) is 5.75 Å². The molecule has 8 nitrogen and oxygen atoms in total. The van der Waals surface area contributed by atoms with Gasteiger partial charge in [0.1, 0.15) is 29.7 Å². The highest BCUT2D eigenvalue weighted by Crippen LogP contribution is 2.24. The van der Waals surface area contributed by atoms with E-state index in [9.17, 15) is 17.2 Å². The van der Waals surface area contributed by atoms with E-state index in [0.717, 1.165) is 16.4 Å². The number of benzene rings is 1. The van der Waals surface area contributed by atoms with Crippen LogP contribution in [-0.2, 0) is 29.7 Å². The molecule has 3 aromatic rings. The van der Waals surface area contributed by atoms with Crippen molar-refractivity contribution in [3.63, 3.8) is 0 Å². The molecular weight excluding hydrogens is 392 g/mol. The number of hydrogen-bond donors (Lipinski definition) is 0. The van der Waals surface area contributed by atoms with Crippen LogP contribution in [0.5, 0.6) is 5.75 Å². The quantitative estimate of drug-likeness (QED) is 0.640. The Hall–Kier alpha value is -2.92. The Morgan fingerprint density at radius 3 is 2.64 bits per heavy atom. The van der Waals surface area contributed by atoms with Gasteiger partial charge in [-0.05, 0) is 24.3 Å². The highest BCUT2D eigenvalue weighted by molar-refractivity contribution is 7.89. The van der Waals surface area contributed by atoms with Crippen molar-refractivity contribution in [3.05, 3.63) is 65.7 Å². The molecule has 1 aromatic carbocycles. The standard InChI is InChI=1S/C17H15F2N5O3S/c18-12-6-13(19)8-15(7-12)28(25,26)23-4-5-24-17(10-23)16(21-22-24)11-27-14-2-1-3-20-9-14/h1-3,6-9H,4-5,10-11H2. The molecule has 0 unspecified atom stereocenters. The lowest BCUT2D eigenvalue weighted by Crippen LogP contribution is -2.38. The van der Waals surface area contributed by atoms with Gasteiger partial charge in [-0.1, -0.05) is 5.21 Å². The van der Waals surface area contributed by atoms with Crippen molar-refractivity contribution >= 4 is 10.0 Å². The van der Waals surface area contributed by atoms with E-state index in [1.165, 1.54) is 0 Å². The van der Waals surface area contributed by atoms with Gasteiger partial charge in [0.25, 0.3) is 0 Å². The van der Waals surface area contributed by atoms with Crippen molar-refractivity contribution in [1.82, 2.24) is 24.3 Å². The Labute approximate surface area is 159 Å². The van der Waals surface area contributed by atoms with Gasteiger partial charge in [0.2, 0.25) is 10.0 Å². The lowest BCUT2D eigenvalue weighted by molar-refractivity contribution is 0.290. The van der Waals surface area contributed by atoms with Crippen LogP contribution >= 0.6 is 0 Å². The van der Waals surface area contributed by atoms with Crippen molar-refractivity contribution in [2.24, 2.45) is 0 Å². The summed E-state index contributed by atoms with van der Waals surface area (Å²) in [5.41, 5.74) is 1.05. The molecule has 4 rings (SSSR count). The minimum Gasteiger partial charge on any atom is -0.486 e. The highest BCUT2D eigenvalue weighted by Gasteiger charge is 2.31. The largest absolute Gasteiger partial charge is 0.486 e. The number of sulfonamides is 1. The summed E-state index contributed by atoms with van der Waals surface area (Å²) in [6, 6.07) is 5.69. The van der Waals surface area contributed by atoms with Gasteiger partial charge in [-0.25, -0.2) is 21.9 Å². The number of rotatable bonds is 5. The number of hydrogen-bond acceptors (Lipinski definition) is 6. The smallest absolute Gasteiger partial charge is 0.243 e. The Morgan fingerprint density at radius 2 is 1.93 bits per heavy atom. The third-order valence-corrected chi connectivity index (χ3v) is 6.11. The van der Waals surface area contributed by atoms with Gasteiger partial charge in [0.05, 0.1) is 29.9 Å². The molecule has 1 aliphatic rings. The van der Waals surface area contributed by atoms with Gasteiger partial charge < -0.3 is 4.74 Å². The van der Waals surface area contributed by atoms with E-state index >= 15 is 0 Å². The van der Waals surface area contributed by atoms with Gasteiger partial charge in [-0.3, -0.25) is 4.98 Å². The van der Waals surface area contributed by atoms with E-state index in [2.05, 4.69) is 15.3 Å². The number of halogens is 2. The van der Waals surface area contributed by atoms with E-state index in [0.29, 0.717) is 23.2 Å². The summed E-state index contributed by atoms with van der Waals surface area (Å²) in [5.74, 6) is -1.36. The first-order valence-electron chi connectivity index (χ1n) is 8.34. The van der Waals surface area contributed by atoms with E-state index in [-0.39, 0.29) is 26.2 Å². The molecule has 0 amide bonds. The number of pyridine rings is 1. The second-order valence-electron chi connectivity index (χ2n) is 6.13. The Morgan fingerprint density at radius 1 is 1.14 bits per heavy atom. The molecular formula is C17H15F2N5O3S. The van der Waals surface area contributed by atoms with Crippen LogP contribution in [0.2, 0.25) is 0 Å². The van der Waals surface area contributed by atoms with Gasteiger partial charge in [-0.15, -0.1) is 5.10 Å². The Balaban J connectivity index is 1.56. The summed E-state index contributed by atoms with van der Waals surface area (Å²) in [7, 11) is -4.08. The fraction of sp³-hybridized carbons (Fsp3) is 0.235. The van der Waals surface area contributed by atoms with Crippen LogP contribution in [0.1, 0.15) is 11.4 Å². The van der Waals surface area contributed by atoms with E-state index in [1.54, 1.807) is 29.2 Å². The SMILES string of the molecule is O=S(=O)(c1cc(F)cc(F)c1)N1CCn2nnc(COc3cccnc3)c2C1. The zero-order chi connectivity index (χ0) is 19.7. The Bertz CT molecular complexity index is 1080. The van der Waals surface area contributed by atoms with Crippen LogP contribution in [0.4, 0.5) is 8.78 Å². The van der Waals surface area contributed by atoms with Crippen LogP contribution in [0.3, 0.4) is 0 Å². The fourth-order valence-corrected chi connectivity index (χ4v) is 4.34. The van der Waals surface area contributed by atoms with Crippen molar-refractivity contribution < 1.29 is 21.9 Å². The molecule has 2 aromatic heterocycles. The molecule has 0 spiro atoms. The van der Waals surface area contributed by atoms with E-state index in [4.69, 9.17) is 4.74 Å². The van der Waals surface area contributed by atoms with Gasteiger partial charge in [0.15, 0.2) is 0 Å². The lowest BCUT2D eigenvalue weighted by atomic mass is 10.3. The van der Waals surface area contributed by atoms with Crippen LogP contribution in [-0.4, -0.2) is 39.2 Å². The first kappa shape index (κ1) is 18.4. The first-order chi connectivity index (χ1) is 13.4. The summed E-state index contributed by atoms with van der Waals surface area (Å²) >= 11 is 0. The van der Waals surface area contributed by atoms with Crippen LogP contribution in [0.15, 0.2) is 47.6 Å². The zero-order valence-electron chi connectivity index (χ0n) is 14.5. The molecule has 1 aliphatic heterocycles. The first-order valence-corrected chi connectivity index (χ1v) is 9.78. The van der Waals surface area contributed by atoms with Crippen molar-refractivity contribution in [2.75, 3.05) is 6.54 Å². The number of ether oxygens (including phenoxy) is 1. The normalized spacial score (nSPS) is 14.6. The maximum atomic E-state index is 13.5. The molecule has 0 saturated heterocycles. The summed E-state index contributed by atoms with van der Waals surface area (Å²) in [5, 5.41) is 8.07. The summed E-state index contributed by atoms with van der Waals surface area (Å²) < 4.78 is 60.9. The molecule has 0 fully saturated rings. The lowest BCUT2D eigenvalue weighted by Gasteiger charge is -2.27. The predicted molar refractivity (Wildman–Crippen MR) is 92.5 cm³/mol. The third-order valence-electron chi connectivity index (χ3n) is 4.29. The molecule has 0 N–H and O–H groups in total. The average Bonchev–Trinajstić information content (AvgIpc) is 3.09. The second kappa shape index (κ2) is 7.24. The van der Waals surface area contributed by atoms with Crippen molar-refractivity contribution in [2.45, 2.75) is 24.6 Å². The number of fused-ring (bicyclic) bond motifs is 1. The average molecular weight is 407 g/mol. The number of nitrogens with zero attached hydrogens (tertiary/aromatic N) is 5. The van der Waals surface area contributed by atoms with Crippen LogP contribution in [0, 0.1) is 11.6 Å². The predicted octanol–water partition coefficient (Wildman–Crippen LogP) is 1.73. The molecule has 3 heterocycles. The van der Waals surface area contributed by atoms with Gasteiger partial charge in [0, 0.05) is 18.8 Å². The van der Waals surface area contributed by atoms with Crippen LogP contribution < -0.4 is 4.74 Å².